The van der Waals surface area contributed by atoms with Gasteiger partial charge < -0.3 is 14.2 Å². The fourth-order valence-corrected chi connectivity index (χ4v) is 2.61. The van der Waals surface area contributed by atoms with Gasteiger partial charge in [0.15, 0.2) is 5.60 Å². The van der Waals surface area contributed by atoms with Crippen molar-refractivity contribution in [2.45, 2.75) is 64.1 Å². The highest BCUT2D eigenvalue weighted by Crippen LogP contribution is 2.34. The molecule has 1 aliphatic rings. The smallest absolute Gasteiger partial charge is 0.306 e. The molecule has 5 heteroatoms. The molecule has 0 aliphatic heterocycles. The first-order valence-corrected chi connectivity index (χ1v) is 8.81. The average Bonchev–Trinajstić information content (AvgIpc) is 2.50. The van der Waals surface area contributed by atoms with Crippen LogP contribution in [0.5, 0.6) is 5.75 Å². The van der Waals surface area contributed by atoms with Gasteiger partial charge in [0.25, 0.3) is 0 Å². The fourth-order valence-electron chi connectivity index (χ4n) is 2.61. The van der Waals surface area contributed by atoms with Crippen molar-refractivity contribution in [2.24, 2.45) is 0 Å². The molecule has 1 aromatic carbocycles. The van der Waals surface area contributed by atoms with Gasteiger partial charge in [-0.1, -0.05) is 12.1 Å². The van der Waals surface area contributed by atoms with E-state index in [0.29, 0.717) is 26.1 Å². The van der Waals surface area contributed by atoms with E-state index in [1.807, 2.05) is 45.0 Å². The number of rotatable bonds is 8. The third kappa shape index (κ3) is 6.39. The zero-order chi connectivity index (χ0) is 18.3. The Morgan fingerprint density at radius 3 is 2.64 bits per heavy atom. The number of ether oxygens (including phenoxy) is 3. The molecule has 0 radical (unpaired) electrons. The molecular weight excluding hydrogens is 318 g/mol. The Bertz CT molecular complexity index is 623. The topological polar surface area (TPSA) is 68.6 Å². The van der Waals surface area contributed by atoms with Crippen molar-refractivity contribution in [1.82, 2.24) is 0 Å². The molecule has 0 amide bonds. The van der Waals surface area contributed by atoms with Crippen LogP contribution < -0.4 is 4.74 Å². The second-order valence-electron chi connectivity index (χ2n) is 7.39. The van der Waals surface area contributed by atoms with Gasteiger partial charge in [0, 0.05) is 6.42 Å². The Kier molecular flexibility index (Phi) is 6.44. The summed E-state index contributed by atoms with van der Waals surface area (Å²) in [6.45, 7) is 6.39. The van der Waals surface area contributed by atoms with E-state index >= 15 is 0 Å². The Balaban J connectivity index is 1.73. The lowest BCUT2D eigenvalue weighted by Gasteiger charge is -2.34. The van der Waals surface area contributed by atoms with Gasteiger partial charge in [-0.05, 0) is 64.2 Å². The maximum Gasteiger partial charge on any atom is 0.306 e. The van der Waals surface area contributed by atoms with Crippen molar-refractivity contribution in [3.05, 3.63) is 29.8 Å². The van der Waals surface area contributed by atoms with Crippen molar-refractivity contribution in [1.29, 1.82) is 5.26 Å². The lowest BCUT2D eigenvalue weighted by atomic mass is 9.81. The molecule has 0 spiro atoms. The van der Waals surface area contributed by atoms with Crippen LogP contribution in [0.1, 0.15) is 52.0 Å². The van der Waals surface area contributed by atoms with Gasteiger partial charge in [0.1, 0.15) is 18.0 Å². The number of nitrogens with zero attached hydrogens (tertiary/aromatic N) is 1. The highest BCUT2D eigenvalue weighted by atomic mass is 16.6. The summed E-state index contributed by atoms with van der Waals surface area (Å²) in [5, 5.41) is 9.11. The molecule has 1 saturated carbocycles. The van der Waals surface area contributed by atoms with Crippen LogP contribution in [0.4, 0.5) is 0 Å². The standard InChI is InChI=1S/C20H27NO4/c1-19(2,3)25-18(22)9-8-16-6-4-7-17(14-16)23-12-13-24-20(15-21)10-5-11-20/h4,6-7,14H,5,8-13H2,1-3H3. The van der Waals surface area contributed by atoms with E-state index in [9.17, 15) is 4.79 Å². The van der Waals surface area contributed by atoms with Crippen LogP contribution in [0.2, 0.25) is 0 Å². The zero-order valence-electron chi connectivity index (χ0n) is 15.3. The quantitative estimate of drug-likeness (QED) is 0.529. The Morgan fingerprint density at radius 2 is 2.04 bits per heavy atom. The van der Waals surface area contributed by atoms with Crippen LogP contribution >= 0.6 is 0 Å². The number of benzene rings is 1. The van der Waals surface area contributed by atoms with E-state index in [-0.39, 0.29) is 5.97 Å². The summed E-state index contributed by atoms with van der Waals surface area (Å²) < 4.78 is 16.7. The SMILES string of the molecule is CC(C)(C)OC(=O)CCc1cccc(OCCOC2(C#N)CCC2)c1. The number of carbonyl (C=O) groups is 1. The molecule has 136 valence electrons. The van der Waals surface area contributed by atoms with Crippen LogP contribution in [0.3, 0.4) is 0 Å². The number of hydrogen-bond donors (Lipinski definition) is 0. The molecule has 0 aromatic heterocycles. The second-order valence-corrected chi connectivity index (χ2v) is 7.39. The molecule has 0 atom stereocenters. The number of hydrogen-bond acceptors (Lipinski definition) is 5. The third-order valence-electron chi connectivity index (χ3n) is 4.03. The maximum absolute atomic E-state index is 11.8. The third-order valence-corrected chi connectivity index (χ3v) is 4.03. The molecule has 1 fully saturated rings. The van der Waals surface area contributed by atoms with Crippen molar-refractivity contribution in [2.75, 3.05) is 13.2 Å². The highest BCUT2D eigenvalue weighted by molar-refractivity contribution is 5.70. The average molecular weight is 345 g/mol. The summed E-state index contributed by atoms with van der Waals surface area (Å²) in [6, 6.07) is 9.92. The van der Waals surface area contributed by atoms with Gasteiger partial charge in [-0.2, -0.15) is 5.26 Å². The normalized spacial score (nSPS) is 15.8. The minimum Gasteiger partial charge on any atom is -0.491 e. The highest BCUT2D eigenvalue weighted by Gasteiger charge is 2.38. The molecule has 0 heterocycles. The maximum atomic E-state index is 11.8. The Hall–Kier alpha value is -2.06. The van der Waals surface area contributed by atoms with Crippen LogP contribution in [0.15, 0.2) is 24.3 Å². The summed E-state index contributed by atoms with van der Waals surface area (Å²) in [4.78, 5) is 11.8. The second kappa shape index (κ2) is 8.35. The molecule has 1 aliphatic carbocycles. The first kappa shape index (κ1) is 19.3. The van der Waals surface area contributed by atoms with E-state index in [4.69, 9.17) is 19.5 Å². The first-order chi connectivity index (χ1) is 11.8. The van der Waals surface area contributed by atoms with Crippen molar-refractivity contribution < 1.29 is 19.0 Å². The largest absolute Gasteiger partial charge is 0.491 e. The Morgan fingerprint density at radius 1 is 1.28 bits per heavy atom. The molecule has 0 bridgehead atoms. The summed E-state index contributed by atoms with van der Waals surface area (Å²) >= 11 is 0. The molecule has 25 heavy (non-hydrogen) atoms. The van der Waals surface area contributed by atoms with Gasteiger partial charge in [0.2, 0.25) is 0 Å². The van der Waals surface area contributed by atoms with Gasteiger partial charge in [-0.3, -0.25) is 4.79 Å². The minimum absolute atomic E-state index is 0.200. The van der Waals surface area contributed by atoms with E-state index in [2.05, 4.69) is 6.07 Å². The van der Waals surface area contributed by atoms with E-state index in [1.54, 1.807) is 0 Å². The van der Waals surface area contributed by atoms with Crippen LogP contribution in [-0.2, 0) is 20.7 Å². The van der Waals surface area contributed by atoms with Crippen LogP contribution in [-0.4, -0.2) is 30.4 Å². The first-order valence-electron chi connectivity index (χ1n) is 8.81. The number of esters is 1. The van der Waals surface area contributed by atoms with Gasteiger partial charge >= 0.3 is 5.97 Å². The van der Waals surface area contributed by atoms with E-state index in [1.165, 1.54) is 0 Å². The molecule has 2 rings (SSSR count). The lowest BCUT2D eigenvalue weighted by Crippen LogP contribution is -2.39. The monoisotopic (exact) mass is 345 g/mol. The van der Waals surface area contributed by atoms with Gasteiger partial charge in [-0.15, -0.1) is 0 Å². The van der Waals surface area contributed by atoms with Crippen LogP contribution in [0, 0.1) is 11.3 Å². The van der Waals surface area contributed by atoms with Gasteiger partial charge in [0.05, 0.1) is 12.7 Å². The number of carbonyl (C=O) groups excluding carboxylic acids is 1. The van der Waals surface area contributed by atoms with Crippen molar-refractivity contribution in [3.63, 3.8) is 0 Å². The predicted molar refractivity (Wildman–Crippen MR) is 94.3 cm³/mol. The lowest BCUT2D eigenvalue weighted by molar-refractivity contribution is -0.154. The predicted octanol–water partition coefficient (Wildman–Crippen LogP) is 3.80. The molecule has 0 unspecified atom stereocenters. The van der Waals surface area contributed by atoms with Crippen molar-refractivity contribution in [3.8, 4) is 11.8 Å². The molecule has 0 N–H and O–H groups in total. The summed E-state index contributed by atoms with van der Waals surface area (Å²) in [5.41, 5.74) is -0.0150. The summed E-state index contributed by atoms with van der Waals surface area (Å²) in [7, 11) is 0. The van der Waals surface area contributed by atoms with E-state index < -0.39 is 11.2 Å². The van der Waals surface area contributed by atoms with Crippen molar-refractivity contribution >= 4 is 5.97 Å². The summed E-state index contributed by atoms with van der Waals surface area (Å²) in [5.74, 6) is 0.541. The molecule has 0 saturated heterocycles. The fraction of sp³-hybridized carbons (Fsp3) is 0.600. The minimum atomic E-state index is -0.585. The molecular formula is C20H27NO4. The molecule has 1 aromatic rings. The number of aryl methyl sites for hydroxylation is 1. The van der Waals surface area contributed by atoms with E-state index in [0.717, 1.165) is 30.6 Å². The zero-order valence-corrected chi connectivity index (χ0v) is 15.3. The Labute approximate surface area is 149 Å². The summed E-state index contributed by atoms with van der Waals surface area (Å²) in [6.07, 6.45) is 3.62. The van der Waals surface area contributed by atoms with Gasteiger partial charge in [-0.25, -0.2) is 0 Å². The van der Waals surface area contributed by atoms with Crippen LogP contribution in [0.25, 0.3) is 0 Å². The molecule has 5 nitrogen and oxygen atoms in total. The number of nitriles is 1.